The molecule has 0 radical (unpaired) electrons. The fourth-order valence-electron chi connectivity index (χ4n) is 3.80. The number of hydrogen-bond acceptors (Lipinski definition) is 3. The minimum absolute atomic E-state index is 0.00525. The highest BCUT2D eigenvalue weighted by Gasteiger charge is 2.32. The minimum atomic E-state index is -0.764. The largest absolute Gasteiger partial charge is 0.373 e. The number of nitrogens with zero attached hydrogens (tertiary/aromatic N) is 2. The predicted octanol–water partition coefficient (Wildman–Crippen LogP) is 3.07. The average molecular weight is 353 g/mol. The molecule has 3 rings (SSSR count). The van der Waals surface area contributed by atoms with Crippen molar-refractivity contribution in [1.82, 2.24) is 9.80 Å². The lowest BCUT2D eigenvalue weighted by molar-refractivity contribution is -0.0712. The van der Waals surface area contributed by atoms with Gasteiger partial charge in [0.2, 0.25) is 0 Å². The molecule has 138 valence electrons. The maximum absolute atomic E-state index is 13.8. The Morgan fingerprint density at radius 1 is 1.28 bits per heavy atom. The molecule has 2 saturated heterocycles. The van der Waals surface area contributed by atoms with E-state index in [2.05, 4.69) is 24.1 Å². The van der Waals surface area contributed by atoms with E-state index in [0.29, 0.717) is 6.54 Å². The molecule has 25 heavy (non-hydrogen) atoms. The first-order chi connectivity index (χ1) is 11.9. The molecule has 5 nitrogen and oxygen atoms in total. The Morgan fingerprint density at radius 2 is 2.00 bits per heavy atom. The number of hydrogen-bond donors (Lipinski definition) is 1. The van der Waals surface area contributed by atoms with Gasteiger partial charge in [-0.3, -0.25) is 4.90 Å². The monoisotopic (exact) mass is 353 g/mol. The predicted molar refractivity (Wildman–Crippen MR) is 91.6 cm³/mol. The summed E-state index contributed by atoms with van der Waals surface area (Å²) >= 11 is 0. The number of anilines is 1. The zero-order chi connectivity index (χ0) is 18.0. The first-order valence-electron chi connectivity index (χ1n) is 8.83. The molecule has 1 aromatic rings. The SMILES string of the molecule is C[C@@H]1CN(C[C@H]2CCCN2C(=O)Nc2ccc(F)cc2F)C[C@H](C)O1. The van der Waals surface area contributed by atoms with Crippen molar-refractivity contribution in [3.63, 3.8) is 0 Å². The van der Waals surface area contributed by atoms with Crippen molar-refractivity contribution in [2.45, 2.75) is 44.9 Å². The van der Waals surface area contributed by atoms with E-state index in [-0.39, 0.29) is 30.0 Å². The maximum atomic E-state index is 13.8. The molecule has 2 aliphatic rings. The number of morpholine rings is 1. The van der Waals surface area contributed by atoms with Crippen molar-refractivity contribution < 1.29 is 18.3 Å². The minimum Gasteiger partial charge on any atom is -0.373 e. The van der Waals surface area contributed by atoms with Gasteiger partial charge in [-0.05, 0) is 38.8 Å². The molecule has 7 heteroatoms. The van der Waals surface area contributed by atoms with Gasteiger partial charge in [-0.1, -0.05) is 0 Å². The summed E-state index contributed by atoms with van der Waals surface area (Å²) in [6.07, 6.45) is 2.22. The number of benzene rings is 1. The number of halogens is 2. The van der Waals surface area contributed by atoms with Crippen molar-refractivity contribution in [2.75, 3.05) is 31.5 Å². The zero-order valence-corrected chi connectivity index (χ0v) is 14.7. The van der Waals surface area contributed by atoms with Gasteiger partial charge in [0.1, 0.15) is 11.6 Å². The van der Waals surface area contributed by atoms with Crippen LogP contribution in [0, 0.1) is 11.6 Å². The number of carbonyl (C=O) groups excluding carboxylic acids is 1. The second-order valence-corrected chi connectivity index (χ2v) is 7.02. The molecule has 0 aromatic heterocycles. The van der Waals surface area contributed by atoms with Crippen LogP contribution in [0.25, 0.3) is 0 Å². The van der Waals surface area contributed by atoms with Crippen molar-refractivity contribution in [3.05, 3.63) is 29.8 Å². The van der Waals surface area contributed by atoms with Crippen LogP contribution >= 0.6 is 0 Å². The lowest BCUT2D eigenvalue weighted by Gasteiger charge is -2.38. The van der Waals surface area contributed by atoms with Crippen molar-refractivity contribution in [1.29, 1.82) is 0 Å². The van der Waals surface area contributed by atoms with Crippen LogP contribution < -0.4 is 5.32 Å². The number of urea groups is 1. The third-order valence-corrected chi connectivity index (χ3v) is 4.77. The summed E-state index contributed by atoms with van der Waals surface area (Å²) in [4.78, 5) is 16.6. The smallest absolute Gasteiger partial charge is 0.322 e. The number of likely N-dealkylation sites (tertiary alicyclic amines) is 1. The highest BCUT2D eigenvalue weighted by molar-refractivity contribution is 5.89. The molecule has 2 fully saturated rings. The van der Waals surface area contributed by atoms with Gasteiger partial charge in [0.15, 0.2) is 0 Å². The number of nitrogens with one attached hydrogen (secondary N) is 1. The third-order valence-electron chi connectivity index (χ3n) is 4.77. The summed E-state index contributed by atoms with van der Waals surface area (Å²) in [7, 11) is 0. The van der Waals surface area contributed by atoms with Gasteiger partial charge in [0.25, 0.3) is 0 Å². The van der Waals surface area contributed by atoms with Crippen LogP contribution in [-0.2, 0) is 4.74 Å². The van der Waals surface area contributed by atoms with Gasteiger partial charge in [-0.25, -0.2) is 13.6 Å². The summed E-state index contributed by atoms with van der Waals surface area (Å²) in [6.45, 7) is 7.25. The van der Waals surface area contributed by atoms with Gasteiger partial charge in [0, 0.05) is 38.3 Å². The van der Waals surface area contributed by atoms with E-state index in [1.807, 2.05) is 0 Å². The molecule has 1 N–H and O–H groups in total. The number of amides is 2. The first kappa shape index (κ1) is 18.1. The summed E-state index contributed by atoms with van der Waals surface area (Å²) in [5.74, 6) is -1.43. The first-order valence-corrected chi connectivity index (χ1v) is 8.83. The molecule has 0 bridgehead atoms. The summed E-state index contributed by atoms with van der Waals surface area (Å²) < 4.78 is 32.5. The molecule has 0 spiro atoms. The Balaban J connectivity index is 1.61. The van der Waals surface area contributed by atoms with Gasteiger partial charge in [-0.2, -0.15) is 0 Å². The normalized spacial score (nSPS) is 27.5. The lowest BCUT2D eigenvalue weighted by Crippen LogP contribution is -2.51. The topological polar surface area (TPSA) is 44.8 Å². The number of ether oxygens (including phenoxy) is 1. The van der Waals surface area contributed by atoms with Gasteiger partial charge < -0.3 is 15.0 Å². The fraction of sp³-hybridized carbons (Fsp3) is 0.611. The molecular formula is C18H25F2N3O2. The zero-order valence-electron chi connectivity index (χ0n) is 14.7. The lowest BCUT2D eigenvalue weighted by atomic mass is 10.1. The highest BCUT2D eigenvalue weighted by Crippen LogP contribution is 2.23. The fourth-order valence-corrected chi connectivity index (χ4v) is 3.80. The molecule has 2 amide bonds. The maximum Gasteiger partial charge on any atom is 0.322 e. The quantitative estimate of drug-likeness (QED) is 0.908. The number of carbonyl (C=O) groups is 1. The Morgan fingerprint density at radius 3 is 2.68 bits per heavy atom. The second kappa shape index (κ2) is 7.66. The Kier molecular flexibility index (Phi) is 5.54. The van der Waals surface area contributed by atoms with Crippen LogP contribution in [-0.4, -0.2) is 60.3 Å². The Bertz CT molecular complexity index is 618. The molecular weight excluding hydrogens is 328 g/mol. The van der Waals surface area contributed by atoms with Gasteiger partial charge >= 0.3 is 6.03 Å². The van der Waals surface area contributed by atoms with Crippen LogP contribution in [0.2, 0.25) is 0 Å². The van der Waals surface area contributed by atoms with E-state index in [0.717, 1.165) is 44.6 Å². The number of rotatable bonds is 3. The molecule has 0 aliphatic carbocycles. The van der Waals surface area contributed by atoms with Crippen LogP contribution in [0.3, 0.4) is 0 Å². The molecule has 3 atom stereocenters. The van der Waals surface area contributed by atoms with Gasteiger partial charge in [-0.15, -0.1) is 0 Å². The molecule has 0 saturated carbocycles. The van der Waals surface area contributed by atoms with E-state index in [9.17, 15) is 13.6 Å². The van der Waals surface area contributed by atoms with E-state index in [1.54, 1.807) is 4.90 Å². The standard InChI is InChI=1S/C18H25F2N3O2/c1-12-9-22(10-13(2)25-12)11-15-4-3-7-23(15)18(24)21-17-6-5-14(19)8-16(17)20/h5-6,8,12-13,15H,3-4,7,9-11H2,1-2H3,(H,21,24)/t12-,13+,15-/m1/s1. The van der Waals surface area contributed by atoms with E-state index < -0.39 is 11.6 Å². The van der Waals surface area contributed by atoms with Gasteiger partial charge in [0.05, 0.1) is 17.9 Å². The Labute approximate surface area is 146 Å². The summed E-state index contributed by atoms with van der Waals surface area (Å²) in [5, 5.41) is 2.57. The Hall–Kier alpha value is -1.73. The average Bonchev–Trinajstić information content (AvgIpc) is 2.97. The van der Waals surface area contributed by atoms with Crippen LogP contribution in [0.4, 0.5) is 19.3 Å². The van der Waals surface area contributed by atoms with Crippen LogP contribution in [0.1, 0.15) is 26.7 Å². The van der Waals surface area contributed by atoms with Crippen LogP contribution in [0.5, 0.6) is 0 Å². The molecule has 2 aliphatic heterocycles. The van der Waals surface area contributed by atoms with Crippen molar-refractivity contribution >= 4 is 11.7 Å². The van der Waals surface area contributed by atoms with E-state index >= 15 is 0 Å². The molecule has 0 unspecified atom stereocenters. The van der Waals surface area contributed by atoms with Crippen LogP contribution in [0.15, 0.2) is 18.2 Å². The van der Waals surface area contributed by atoms with Crippen molar-refractivity contribution in [2.24, 2.45) is 0 Å². The molecule has 1 aromatic carbocycles. The summed E-state index contributed by atoms with van der Waals surface area (Å²) in [6, 6.07) is 2.92. The highest BCUT2D eigenvalue weighted by atomic mass is 19.1. The second-order valence-electron chi connectivity index (χ2n) is 7.02. The molecule has 2 heterocycles. The summed E-state index contributed by atoms with van der Waals surface area (Å²) in [5.41, 5.74) is 0.00525. The van der Waals surface area contributed by atoms with E-state index in [1.165, 1.54) is 6.07 Å². The van der Waals surface area contributed by atoms with Crippen molar-refractivity contribution in [3.8, 4) is 0 Å². The van der Waals surface area contributed by atoms with E-state index in [4.69, 9.17) is 4.74 Å². The third kappa shape index (κ3) is 4.46.